The van der Waals surface area contributed by atoms with Gasteiger partial charge in [0.2, 0.25) is 0 Å². The minimum absolute atomic E-state index is 0.338. The van der Waals surface area contributed by atoms with Crippen LogP contribution in [0.4, 0.5) is 44.6 Å². The third-order valence-electron chi connectivity index (χ3n) is 7.45. The van der Waals surface area contributed by atoms with Crippen molar-refractivity contribution in [3.63, 3.8) is 0 Å². The smallest absolute Gasteiger partial charge is 0.434 e. The van der Waals surface area contributed by atoms with E-state index in [1.54, 1.807) is 24.3 Å². The predicted molar refractivity (Wildman–Crippen MR) is 191 cm³/mol. The van der Waals surface area contributed by atoms with Crippen LogP contribution < -0.4 is 9.64 Å². The van der Waals surface area contributed by atoms with Gasteiger partial charge in [-0.25, -0.2) is 4.79 Å². The average Bonchev–Trinajstić information content (AvgIpc) is 3.12. The van der Waals surface area contributed by atoms with Crippen LogP contribution >= 0.6 is 0 Å². The van der Waals surface area contributed by atoms with Gasteiger partial charge in [0.1, 0.15) is 5.75 Å². The summed E-state index contributed by atoms with van der Waals surface area (Å²) in [6.45, 7) is 5.59. The van der Waals surface area contributed by atoms with E-state index >= 15 is 0 Å². The topological polar surface area (TPSA) is 113 Å². The van der Waals surface area contributed by atoms with Crippen LogP contribution in [0, 0.1) is 0 Å². The maximum atomic E-state index is 11.8. The molecule has 0 bridgehead atoms. The monoisotopic (exact) mass is 641 g/mol. The lowest BCUT2D eigenvalue weighted by molar-refractivity contribution is 0.0978. The lowest BCUT2D eigenvalue weighted by Crippen LogP contribution is -2.17. The maximum Gasteiger partial charge on any atom is 0.513 e. The lowest BCUT2D eigenvalue weighted by Gasteiger charge is -2.18. The Morgan fingerprint density at radius 3 is 1.54 bits per heavy atom. The first-order valence-electron chi connectivity index (χ1n) is 16.2. The zero-order chi connectivity index (χ0) is 33.6. The molecular weight excluding hydrogens is 602 g/mol. The molecular formula is C38H39N7O3. The van der Waals surface area contributed by atoms with E-state index in [0.29, 0.717) is 35.1 Å². The number of hydrogen-bond donors (Lipinski definition) is 0. The summed E-state index contributed by atoms with van der Waals surface area (Å²) < 4.78 is 10.2. The molecule has 5 aromatic rings. The predicted octanol–water partition coefficient (Wildman–Crippen LogP) is 12.6. The van der Waals surface area contributed by atoms with Gasteiger partial charge in [0.25, 0.3) is 0 Å². The minimum atomic E-state index is -0.719. The standard InChI is InChI=1S/C38H39N7O3/c1-4-6-26-45(3)32-20-16-30(17-21-32)40-39-28-12-14-29(15-13-28)41-43-36-24-25-37(35-11-9-8-10-34(35)36)44-42-31-18-22-33(23-19-31)48-38(46)47-27-7-5-2/h8-25H,4-7,26-27H2,1-3H3/b40-39?,43-41-,44-42?. The number of carbonyl (C=O) groups excluding carboxylic acids is 1. The zero-order valence-electron chi connectivity index (χ0n) is 27.5. The third kappa shape index (κ3) is 9.62. The molecule has 0 radical (unpaired) electrons. The van der Waals surface area contributed by atoms with Crippen molar-refractivity contribution in [2.45, 2.75) is 39.5 Å². The highest BCUT2D eigenvalue weighted by Crippen LogP contribution is 2.35. The van der Waals surface area contributed by atoms with Crippen molar-refractivity contribution in [1.29, 1.82) is 0 Å². The van der Waals surface area contributed by atoms with Gasteiger partial charge >= 0.3 is 6.16 Å². The number of hydrogen-bond acceptors (Lipinski definition) is 10. The SMILES string of the molecule is CCCCOC(=O)Oc1ccc(N=Nc2ccc(/N=N\c3ccc(N=Nc4ccc(N(C)CCCC)cc4)cc3)c3ccccc23)cc1. The van der Waals surface area contributed by atoms with E-state index in [4.69, 9.17) is 9.47 Å². The summed E-state index contributed by atoms with van der Waals surface area (Å²) >= 11 is 0. The van der Waals surface area contributed by atoms with Crippen molar-refractivity contribution in [1.82, 2.24) is 0 Å². The molecule has 10 nitrogen and oxygen atoms in total. The van der Waals surface area contributed by atoms with E-state index < -0.39 is 6.16 Å². The molecule has 0 N–H and O–H groups in total. The van der Waals surface area contributed by atoms with Crippen molar-refractivity contribution in [2.75, 3.05) is 25.1 Å². The fraction of sp³-hybridized carbons (Fsp3) is 0.237. The highest BCUT2D eigenvalue weighted by Gasteiger charge is 2.08. The Morgan fingerprint density at radius 2 is 1.04 bits per heavy atom. The Kier molecular flexibility index (Phi) is 12.1. The van der Waals surface area contributed by atoms with Gasteiger partial charge < -0.3 is 14.4 Å². The quantitative estimate of drug-likeness (QED) is 0.0519. The fourth-order valence-corrected chi connectivity index (χ4v) is 4.67. The van der Waals surface area contributed by atoms with Gasteiger partial charge in [-0.05, 0) is 97.8 Å². The highest BCUT2D eigenvalue weighted by atomic mass is 16.7. The van der Waals surface area contributed by atoms with Crippen LogP contribution in [-0.4, -0.2) is 26.4 Å². The summed E-state index contributed by atoms with van der Waals surface area (Å²) in [7, 11) is 2.10. The van der Waals surface area contributed by atoms with E-state index in [-0.39, 0.29) is 0 Å². The molecule has 0 aliphatic heterocycles. The maximum absolute atomic E-state index is 11.8. The molecule has 5 aromatic carbocycles. The van der Waals surface area contributed by atoms with Crippen molar-refractivity contribution in [2.24, 2.45) is 30.7 Å². The van der Waals surface area contributed by atoms with Crippen LogP contribution in [-0.2, 0) is 4.74 Å². The van der Waals surface area contributed by atoms with Crippen LogP contribution in [0.5, 0.6) is 5.75 Å². The fourth-order valence-electron chi connectivity index (χ4n) is 4.67. The first-order valence-corrected chi connectivity index (χ1v) is 16.2. The van der Waals surface area contributed by atoms with Crippen LogP contribution in [0.2, 0.25) is 0 Å². The van der Waals surface area contributed by atoms with Crippen molar-refractivity contribution in [3.05, 3.63) is 109 Å². The molecule has 0 heterocycles. The Bertz CT molecular complexity index is 1870. The Balaban J connectivity index is 1.21. The Hall–Kier alpha value is -5.77. The van der Waals surface area contributed by atoms with E-state index in [1.807, 2.05) is 79.7 Å². The van der Waals surface area contributed by atoms with Crippen molar-refractivity contribution >= 4 is 56.7 Å². The molecule has 0 aromatic heterocycles. The summed E-state index contributed by atoms with van der Waals surface area (Å²) in [5, 5.41) is 28.4. The summed E-state index contributed by atoms with van der Waals surface area (Å²) in [5.74, 6) is 0.377. The second-order valence-electron chi connectivity index (χ2n) is 11.1. The minimum Gasteiger partial charge on any atom is -0.434 e. The van der Waals surface area contributed by atoms with Gasteiger partial charge in [-0.2, -0.15) is 20.5 Å². The van der Waals surface area contributed by atoms with Gasteiger partial charge in [-0.1, -0.05) is 51.0 Å². The molecule has 0 saturated carbocycles. The van der Waals surface area contributed by atoms with E-state index in [1.165, 1.54) is 18.5 Å². The zero-order valence-corrected chi connectivity index (χ0v) is 27.5. The molecule has 10 heteroatoms. The number of fused-ring (bicyclic) bond motifs is 1. The average molecular weight is 642 g/mol. The summed E-state index contributed by atoms with van der Waals surface area (Å²) in [6, 6.07) is 33.9. The molecule has 0 spiro atoms. The largest absolute Gasteiger partial charge is 0.513 e. The molecule has 0 amide bonds. The molecule has 0 atom stereocenters. The number of azo groups is 3. The summed E-state index contributed by atoms with van der Waals surface area (Å²) in [6.07, 6.45) is 3.35. The molecule has 0 aliphatic rings. The first kappa shape index (κ1) is 33.6. The lowest BCUT2D eigenvalue weighted by atomic mass is 10.1. The second kappa shape index (κ2) is 17.2. The first-order chi connectivity index (χ1) is 23.5. The van der Waals surface area contributed by atoms with Crippen molar-refractivity contribution < 1.29 is 14.3 Å². The summed E-state index contributed by atoms with van der Waals surface area (Å²) in [5.41, 5.74) is 5.41. The number of carbonyl (C=O) groups is 1. The summed E-state index contributed by atoms with van der Waals surface area (Å²) in [4.78, 5) is 14.0. The Labute approximate surface area is 280 Å². The van der Waals surface area contributed by atoms with Crippen LogP contribution in [0.3, 0.4) is 0 Å². The molecule has 244 valence electrons. The normalized spacial score (nSPS) is 11.6. The number of unbranched alkanes of at least 4 members (excludes halogenated alkanes) is 2. The van der Waals surface area contributed by atoms with E-state index in [2.05, 4.69) is 61.7 Å². The van der Waals surface area contributed by atoms with Gasteiger partial charge in [0.05, 0.1) is 40.7 Å². The molecule has 5 rings (SSSR count). The van der Waals surface area contributed by atoms with Crippen molar-refractivity contribution in [3.8, 4) is 5.75 Å². The molecule has 0 saturated heterocycles. The van der Waals surface area contributed by atoms with E-state index in [0.717, 1.165) is 41.5 Å². The number of benzene rings is 5. The van der Waals surface area contributed by atoms with Gasteiger partial charge in [0.15, 0.2) is 0 Å². The molecule has 0 fully saturated rings. The van der Waals surface area contributed by atoms with Crippen LogP contribution in [0.1, 0.15) is 39.5 Å². The second-order valence-corrected chi connectivity index (χ2v) is 11.1. The molecule has 48 heavy (non-hydrogen) atoms. The van der Waals surface area contributed by atoms with Gasteiger partial charge in [-0.15, -0.1) is 10.2 Å². The molecule has 0 unspecified atom stereocenters. The number of anilines is 1. The van der Waals surface area contributed by atoms with Gasteiger partial charge in [0, 0.05) is 30.1 Å². The van der Waals surface area contributed by atoms with Crippen LogP contribution in [0.25, 0.3) is 10.8 Å². The van der Waals surface area contributed by atoms with E-state index in [9.17, 15) is 4.79 Å². The highest BCUT2D eigenvalue weighted by molar-refractivity contribution is 5.99. The molecule has 0 aliphatic carbocycles. The number of nitrogens with zero attached hydrogens (tertiary/aromatic N) is 7. The van der Waals surface area contributed by atoms with Crippen LogP contribution in [0.15, 0.2) is 140 Å². The third-order valence-corrected chi connectivity index (χ3v) is 7.45. The number of ether oxygens (including phenoxy) is 2. The Morgan fingerprint density at radius 1 is 0.583 bits per heavy atom. The number of rotatable bonds is 14. The van der Waals surface area contributed by atoms with Gasteiger partial charge in [-0.3, -0.25) is 0 Å².